The third-order valence-corrected chi connectivity index (χ3v) is 4.80. The lowest BCUT2D eigenvalue weighted by Crippen LogP contribution is -2.25. The molecule has 6 nitrogen and oxygen atoms in total. The second-order valence-corrected chi connectivity index (χ2v) is 6.77. The third kappa shape index (κ3) is 4.79. The monoisotopic (exact) mass is 358 g/mol. The first-order valence-electron chi connectivity index (χ1n) is 8.54. The highest BCUT2D eigenvalue weighted by atomic mass is 32.1. The number of hydrogen-bond donors (Lipinski definition) is 2. The summed E-state index contributed by atoms with van der Waals surface area (Å²) in [5.74, 6) is 0.697. The van der Waals surface area contributed by atoms with Crippen molar-refractivity contribution in [2.75, 3.05) is 29.9 Å². The Kier molecular flexibility index (Phi) is 6.00. The Bertz CT molecular complexity index is 712. The molecule has 7 heteroatoms. The predicted octanol–water partition coefficient (Wildman–Crippen LogP) is 2.89. The summed E-state index contributed by atoms with van der Waals surface area (Å²) >= 11 is 1.49. The standard InChI is InChI=1S/C18H22N4O2S/c23-16(6-4-9-20-18(24)14-7-12-25-13-14)21-15-5-3-8-19-17(15)22-10-1-2-11-22/h3,5,7-8,12-13H,1-2,4,6,9-11H2,(H,20,24)(H,21,23). The van der Waals surface area contributed by atoms with Gasteiger partial charge >= 0.3 is 0 Å². The maximum absolute atomic E-state index is 12.2. The number of nitrogens with one attached hydrogen (secondary N) is 2. The minimum absolute atomic E-state index is 0.0572. The van der Waals surface area contributed by atoms with Gasteiger partial charge in [0.15, 0.2) is 5.82 Å². The van der Waals surface area contributed by atoms with Crippen LogP contribution in [0.25, 0.3) is 0 Å². The van der Waals surface area contributed by atoms with Gasteiger partial charge in [0.05, 0.1) is 5.69 Å². The summed E-state index contributed by atoms with van der Waals surface area (Å²) in [4.78, 5) is 30.6. The van der Waals surface area contributed by atoms with E-state index in [9.17, 15) is 9.59 Å². The summed E-state index contributed by atoms with van der Waals surface area (Å²) in [6.45, 7) is 2.44. The Labute approximate surface area is 151 Å². The van der Waals surface area contributed by atoms with Gasteiger partial charge in [-0.25, -0.2) is 4.98 Å². The number of pyridine rings is 1. The van der Waals surface area contributed by atoms with Crippen LogP contribution < -0.4 is 15.5 Å². The Morgan fingerprint density at radius 3 is 2.84 bits per heavy atom. The van der Waals surface area contributed by atoms with Crippen molar-refractivity contribution in [2.45, 2.75) is 25.7 Å². The van der Waals surface area contributed by atoms with Gasteiger partial charge in [-0.3, -0.25) is 9.59 Å². The van der Waals surface area contributed by atoms with Gasteiger partial charge in [-0.15, -0.1) is 0 Å². The maximum Gasteiger partial charge on any atom is 0.252 e. The quantitative estimate of drug-likeness (QED) is 0.747. The van der Waals surface area contributed by atoms with E-state index in [0.29, 0.717) is 24.9 Å². The van der Waals surface area contributed by atoms with E-state index in [1.54, 1.807) is 12.3 Å². The lowest BCUT2D eigenvalue weighted by Gasteiger charge is -2.19. The van der Waals surface area contributed by atoms with E-state index in [2.05, 4.69) is 20.5 Å². The van der Waals surface area contributed by atoms with Crippen LogP contribution in [0.3, 0.4) is 0 Å². The summed E-state index contributed by atoms with van der Waals surface area (Å²) in [5.41, 5.74) is 1.43. The van der Waals surface area contributed by atoms with Gasteiger partial charge < -0.3 is 15.5 Å². The maximum atomic E-state index is 12.2. The smallest absolute Gasteiger partial charge is 0.252 e. The molecule has 1 aliphatic heterocycles. The van der Waals surface area contributed by atoms with Crippen LogP contribution in [0.4, 0.5) is 11.5 Å². The Balaban J connectivity index is 1.44. The second-order valence-electron chi connectivity index (χ2n) is 5.99. The van der Waals surface area contributed by atoms with E-state index in [1.165, 1.54) is 11.3 Å². The van der Waals surface area contributed by atoms with Gasteiger partial charge in [-0.1, -0.05) is 0 Å². The number of aromatic nitrogens is 1. The SMILES string of the molecule is O=C(CCCNC(=O)c1ccsc1)Nc1cccnc1N1CCCC1. The fourth-order valence-electron chi connectivity index (χ4n) is 2.83. The van der Waals surface area contributed by atoms with Crippen LogP contribution in [0.2, 0.25) is 0 Å². The summed E-state index contributed by atoms with van der Waals surface area (Å²) in [5, 5.41) is 9.46. The Hall–Kier alpha value is -2.41. The first-order valence-corrected chi connectivity index (χ1v) is 9.48. The normalized spacial score (nSPS) is 13.7. The average molecular weight is 358 g/mol. The molecule has 0 aliphatic carbocycles. The van der Waals surface area contributed by atoms with Crippen molar-refractivity contribution in [3.63, 3.8) is 0 Å². The molecule has 0 unspecified atom stereocenters. The first kappa shape index (κ1) is 17.4. The van der Waals surface area contributed by atoms with Crippen LogP contribution in [-0.2, 0) is 4.79 Å². The number of rotatable bonds is 7. The van der Waals surface area contributed by atoms with Crippen LogP contribution in [0.1, 0.15) is 36.0 Å². The minimum Gasteiger partial charge on any atom is -0.355 e. The average Bonchev–Trinajstić information content (AvgIpc) is 3.32. The lowest BCUT2D eigenvalue weighted by molar-refractivity contribution is -0.116. The van der Waals surface area contributed by atoms with Crippen LogP contribution in [-0.4, -0.2) is 36.4 Å². The van der Waals surface area contributed by atoms with E-state index >= 15 is 0 Å². The molecule has 2 N–H and O–H groups in total. The largest absolute Gasteiger partial charge is 0.355 e. The molecular weight excluding hydrogens is 336 g/mol. The minimum atomic E-state index is -0.0924. The molecule has 1 fully saturated rings. The van der Waals surface area contributed by atoms with Gasteiger partial charge in [-0.05, 0) is 42.8 Å². The Morgan fingerprint density at radius 2 is 2.08 bits per heavy atom. The van der Waals surface area contributed by atoms with E-state index in [0.717, 1.165) is 37.4 Å². The highest BCUT2D eigenvalue weighted by molar-refractivity contribution is 7.08. The van der Waals surface area contributed by atoms with Gasteiger partial charge in [0, 0.05) is 43.2 Å². The summed E-state index contributed by atoms with van der Waals surface area (Å²) < 4.78 is 0. The topological polar surface area (TPSA) is 74.3 Å². The van der Waals surface area contributed by atoms with Crippen molar-refractivity contribution < 1.29 is 9.59 Å². The summed E-state index contributed by atoms with van der Waals surface area (Å²) in [7, 11) is 0. The summed E-state index contributed by atoms with van der Waals surface area (Å²) in [6.07, 6.45) is 5.03. The molecule has 0 spiro atoms. The van der Waals surface area contributed by atoms with Crippen molar-refractivity contribution >= 4 is 34.7 Å². The van der Waals surface area contributed by atoms with Crippen LogP contribution >= 0.6 is 11.3 Å². The Morgan fingerprint density at radius 1 is 1.24 bits per heavy atom. The molecule has 25 heavy (non-hydrogen) atoms. The second kappa shape index (κ2) is 8.62. The van der Waals surface area contributed by atoms with Crippen molar-refractivity contribution in [1.82, 2.24) is 10.3 Å². The van der Waals surface area contributed by atoms with Crippen LogP contribution in [0.5, 0.6) is 0 Å². The molecule has 0 saturated carbocycles. The molecular formula is C18H22N4O2S. The summed E-state index contributed by atoms with van der Waals surface area (Å²) in [6, 6.07) is 5.50. The molecule has 1 aliphatic rings. The third-order valence-electron chi connectivity index (χ3n) is 4.12. The predicted molar refractivity (Wildman–Crippen MR) is 100 cm³/mol. The van der Waals surface area contributed by atoms with Crippen LogP contribution in [0.15, 0.2) is 35.2 Å². The van der Waals surface area contributed by atoms with Crippen molar-refractivity contribution in [2.24, 2.45) is 0 Å². The molecule has 3 rings (SSSR count). The number of anilines is 2. The molecule has 132 valence electrons. The van der Waals surface area contributed by atoms with E-state index in [1.807, 2.05) is 22.9 Å². The van der Waals surface area contributed by atoms with Gasteiger partial charge in [-0.2, -0.15) is 11.3 Å². The number of carbonyl (C=O) groups excluding carboxylic acids is 2. The fraction of sp³-hybridized carbons (Fsp3) is 0.389. The molecule has 0 bridgehead atoms. The fourth-order valence-corrected chi connectivity index (χ4v) is 3.47. The molecule has 0 radical (unpaired) electrons. The van der Waals surface area contributed by atoms with Crippen molar-refractivity contribution in [3.8, 4) is 0 Å². The molecule has 0 aromatic carbocycles. The highest BCUT2D eigenvalue weighted by Crippen LogP contribution is 2.26. The lowest BCUT2D eigenvalue weighted by atomic mass is 10.2. The van der Waals surface area contributed by atoms with E-state index < -0.39 is 0 Å². The molecule has 0 atom stereocenters. The van der Waals surface area contributed by atoms with Gasteiger partial charge in [0.2, 0.25) is 5.91 Å². The zero-order chi connectivity index (χ0) is 17.5. The number of amides is 2. The number of hydrogen-bond acceptors (Lipinski definition) is 5. The zero-order valence-electron chi connectivity index (χ0n) is 14.0. The van der Waals surface area contributed by atoms with E-state index in [-0.39, 0.29) is 11.8 Å². The van der Waals surface area contributed by atoms with Gasteiger partial charge in [0.25, 0.3) is 5.91 Å². The molecule has 2 amide bonds. The highest BCUT2D eigenvalue weighted by Gasteiger charge is 2.17. The number of nitrogens with zero attached hydrogens (tertiary/aromatic N) is 2. The number of carbonyl (C=O) groups is 2. The molecule has 2 aromatic rings. The van der Waals surface area contributed by atoms with E-state index in [4.69, 9.17) is 0 Å². The van der Waals surface area contributed by atoms with Crippen LogP contribution in [0, 0.1) is 0 Å². The van der Waals surface area contributed by atoms with Crippen molar-refractivity contribution in [1.29, 1.82) is 0 Å². The first-order chi connectivity index (χ1) is 12.2. The number of thiophene rings is 1. The van der Waals surface area contributed by atoms with Gasteiger partial charge in [0.1, 0.15) is 0 Å². The molecule has 2 aromatic heterocycles. The van der Waals surface area contributed by atoms with Crippen molar-refractivity contribution in [3.05, 3.63) is 40.7 Å². The molecule has 1 saturated heterocycles. The molecule has 3 heterocycles. The zero-order valence-corrected chi connectivity index (χ0v) is 14.8.